The molecule has 1 N–H and O–H groups in total. The molecule has 1 aromatic rings. The van der Waals surface area contributed by atoms with Gasteiger partial charge in [0.05, 0.1) is 11.3 Å². The minimum absolute atomic E-state index is 0.0680. The van der Waals surface area contributed by atoms with E-state index in [0.717, 1.165) is 0 Å². The van der Waals surface area contributed by atoms with Crippen molar-refractivity contribution in [1.29, 1.82) is 5.26 Å². The highest BCUT2D eigenvalue weighted by atomic mass is 16.6. The average molecular weight is 234 g/mol. The SMILES string of the molecule is CCc1cc(C#N)c([N+](=O)[O-])c(CC(=O)O)c1. The third-order valence-corrected chi connectivity index (χ3v) is 2.30. The Morgan fingerprint density at radius 3 is 2.65 bits per heavy atom. The molecule has 0 atom stereocenters. The maximum absolute atomic E-state index is 10.8. The number of carboxylic acids is 1. The molecule has 0 aliphatic rings. The normalized spacial score (nSPS) is 9.65. The second-order valence-corrected chi connectivity index (χ2v) is 3.44. The van der Waals surface area contributed by atoms with Gasteiger partial charge in [0.1, 0.15) is 11.6 Å². The molecule has 6 heteroatoms. The molecule has 0 aromatic heterocycles. The summed E-state index contributed by atoms with van der Waals surface area (Å²) in [7, 11) is 0. The Labute approximate surface area is 97.3 Å². The van der Waals surface area contributed by atoms with Crippen molar-refractivity contribution in [3.05, 3.63) is 38.9 Å². The summed E-state index contributed by atoms with van der Waals surface area (Å²) in [4.78, 5) is 20.8. The van der Waals surface area contributed by atoms with E-state index in [9.17, 15) is 14.9 Å². The van der Waals surface area contributed by atoms with Crippen LogP contribution < -0.4 is 0 Å². The topological polar surface area (TPSA) is 104 Å². The molecule has 0 fully saturated rings. The van der Waals surface area contributed by atoms with E-state index in [1.165, 1.54) is 12.1 Å². The quantitative estimate of drug-likeness (QED) is 0.630. The summed E-state index contributed by atoms with van der Waals surface area (Å²) in [6, 6.07) is 4.62. The highest BCUT2D eigenvalue weighted by Crippen LogP contribution is 2.26. The lowest BCUT2D eigenvalue weighted by molar-refractivity contribution is -0.385. The lowest BCUT2D eigenvalue weighted by Crippen LogP contribution is -2.06. The first-order valence-electron chi connectivity index (χ1n) is 4.91. The molecule has 0 bridgehead atoms. The van der Waals surface area contributed by atoms with Crippen LogP contribution in [0.25, 0.3) is 0 Å². The number of carboxylic acid groups (broad SMARTS) is 1. The Kier molecular flexibility index (Phi) is 3.78. The molecule has 0 saturated carbocycles. The number of rotatable bonds is 4. The Balaban J connectivity index is 3.47. The summed E-state index contributed by atoms with van der Waals surface area (Å²) in [6.45, 7) is 1.83. The van der Waals surface area contributed by atoms with Crippen LogP contribution in [0.5, 0.6) is 0 Å². The molecule has 1 aromatic carbocycles. The smallest absolute Gasteiger partial charge is 0.308 e. The van der Waals surface area contributed by atoms with Crippen LogP contribution in [0.4, 0.5) is 5.69 Å². The van der Waals surface area contributed by atoms with Gasteiger partial charge in [0.2, 0.25) is 0 Å². The molecule has 0 spiro atoms. The van der Waals surface area contributed by atoms with E-state index in [4.69, 9.17) is 10.4 Å². The van der Waals surface area contributed by atoms with Crippen molar-refractivity contribution in [2.24, 2.45) is 0 Å². The van der Waals surface area contributed by atoms with Crippen LogP contribution in [-0.2, 0) is 17.6 Å². The number of nitro groups is 1. The Morgan fingerprint density at radius 2 is 2.24 bits per heavy atom. The minimum Gasteiger partial charge on any atom is -0.481 e. The predicted molar refractivity (Wildman–Crippen MR) is 58.5 cm³/mol. The lowest BCUT2D eigenvalue weighted by atomic mass is 10.00. The summed E-state index contributed by atoms with van der Waals surface area (Å²) in [5, 5.41) is 28.4. The van der Waals surface area contributed by atoms with Gasteiger partial charge in [-0.3, -0.25) is 14.9 Å². The summed E-state index contributed by atoms with van der Waals surface area (Å²) in [5.41, 5.74) is 0.277. The first-order valence-corrected chi connectivity index (χ1v) is 4.91. The van der Waals surface area contributed by atoms with Gasteiger partial charge in [0.15, 0.2) is 0 Å². The van der Waals surface area contributed by atoms with Crippen molar-refractivity contribution < 1.29 is 14.8 Å². The lowest BCUT2D eigenvalue weighted by Gasteiger charge is -2.05. The summed E-state index contributed by atoms with van der Waals surface area (Å²) >= 11 is 0. The van der Waals surface area contributed by atoms with Crippen LogP contribution in [0.1, 0.15) is 23.6 Å². The monoisotopic (exact) mass is 234 g/mol. The number of aliphatic carboxylic acids is 1. The number of hydrogen-bond acceptors (Lipinski definition) is 4. The molecule has 0 aliphatic heterocycles. The molecular weight excluding hydrogens is 224 g/mol. The van der Waals surface area contributed by atoms with Gasteiger partial charge in [0, 0.05) is 5.56 Å². The van der Waals surface area contributed by atoms with Gasteiger partial charge in [-0.25, -0.2) is 0 Å². The first kappa shape index (κ1) is 12.6. The molecule has 0 amide bonds. The number of carbonyl (C=O) groups is 1. The highest BCUT2D eigenvalue weighted by molar-refractivity contribution is 5.73. The van der Waals surface area contributed by atoms with Gasteiger partial charge >= 0.3 is 5.97 Å². The van der Waals surface area contributed by atoms with Crippen molar-refractivity contribution in [1.82, 2.24) is 0 Å². The van der Waals surface area contributed by atoms with Gasteiger partial charge < -0.3 is 5.11 Å². The van der Waals surface area contributed by atoms with E-state index >= 15 is 0 Å². The molecule has 1 rings (SSSR count). The Bertz CT molecular complexity index is 517. The van der Waals surface area contributed by atoms with Gasteiger partial charge in [-0.05, 0) is 24.1 Å². The van der Waals surface area contributed by atoms with Crippen LogP contribution in [0.3, 0.4) is 0 Å². The fraction of sp³-hybridized carbons (Fsp3) is 0.273. The standard InChI is InChI=1S/C11H10N2O4/c1-2-7-3-8(5-10(14)15)11(13(16)17)9(4-7)6-12/h3-4H,2,5H2,1H3,(H,14,15). The van der Waals surface area contributed by atoms with E-state index in [2.05, 4.69) is 0 Å². The van der Waals surface area contributed by atoms with Crippen LogP contribution in [0, 0.1) is 21.4 Å². The number of benzene rings is 1. The van der Waals surface area contributed by atoms with Gasteiger partial charge in [-0.1, -0.05) is 6.92 Å². The largest absolute Gasteiger partial charge is 0.481 e. The maximum Gasteiger partial charge on any atom is 0.308 e. The number of nitrogens with zero attached hydrogens (tertiary/aromatic N) is 2. The molecule has 0 heterocycles. The van der Waals surface area contributed by atoms with Crippen molar-refractivity contribution >= 4 is 11.7 Å². The van der Waals surface area contributed by atoms with Crippen LogP contribution in [0.2, 0.25) is 0 Å². The molecule has 0 unspecified atom stereocenters. The van der Waals surface area contributed by atoms with Crippen molar-refractivity contribution in [3.63, 3.8) is 0 Å². The average Bonchev–Trinajstić information content (AvgIpc) is 2.26. The van der Waals surface area contributed by atoms with Gasteiger partial charge in [-0.2, -0.15) is 5.26 Å². The summed E-state index contributed by atoms with van der Waals surface area (Å²) in [5.74, 6) is -1.16. The predicted octanol–water partition coefficient (Wildman–Crippen LogP) is 1.66. The number of nitriles is 1. The van der Waals surface area contributed by atoms with E-state index in [1.54, 1.807) is 6.07 Å². The van der Waals surface area contributed by atoms with Crippen molar-refractivity contribution in [3.8, 4) is 6.07 Å². The fourth-order valence-electron chi connectivity index (χ4n) is 1.56. The zero-order chi connectivity index (χ0) is 13.0. The molecule has 0 radical (unpaired) electrons. The highest BCUT2D eigenvalue weighted by Gasteiger charge is 2.22. The van der Waals surface area contributed by atoms with Gasteiger partial charge in [-0.15, -0.1) is 0 Å². The second kappa shape index (κ2) is 5.07. The zero-order valence-corrected chi connectivity index (χ0v) is 9.14. The summed E-state index contributed by atoms with van der Waals surface area (Å²) in [6.07, 6.45) is 0.123. The number of hydrogen-bond donors (Lipinski definition) is 1. The third kappa shape index (κ3) is 2.78. The van der Waals surface area contributed by atoms with E-state index < -0.39 is 23.0 Å². The molecular formula is C11H10N2O4. The summed E-state index contributed by atoms with van der Waals surface area (Å²) < 4.78 is 0. The van der Waals surface area contributed by atoms with Gasteiger partial charge in [0.25, 0.3) is 5.69 Å². The fourth-order valence-corrected chi connectivity index (χ4v) is 1.56. The van der Waals surface area contributed by atoms with Crippen LogP contribution >= 0.6 is 0 Å². The first-order chi connectivity index (χ1) is 7.99. The molecule has 0 saturated heterocycles. The van der Waals surface area contributed by atoms with E-state index in [1.807, 2.05) is 6.92 Å². The Hall–Kier alpha value is -2.42. The molecule has 6 nitrogen and oxygen atoms in total. The minimum atomic E-state index is -1.16. The van der Waals surface area contributed by atoms with E-state index in [0.29, 0.717) is 12.0 Å². The van der Waals surface area contributed by atoms with Crippen molar-refractivity contribution in [2.75, 3.05) is 0 Å². The van der Waals surface area contributed by atoms with Crippen LogP contribution in [0.15, 0.2) is 12.1 Å². The molecule has 88 valence electrons. The van der Waals surface area contributed by atoms with Crippen LogP contribution in [-0.4, -0.2) is 16.0 Å². The van der Waals surface area contributed by atoms with Crippen molar-refractivity contribution in [2.45, 2.75) is 19.8 Å². The Morgan fingerprint density at radius 1 is 1.59 bits per heavy atom. The second-order valence-electron chi connectivity index (χ2n) is 3.44. The number of nitro benzene ring substituents is 1. The number of aryl methyl sites for hydroxylation is 1. The molecule has 17 heavy (non-hydrogen) atoms. The third-order valence-electron chi connectivity index (χ3n) is 2.30. The zero-order valence-electron chi connectivity index (χ0n) is 9.14. The van der Waals surface area contributed by atoms with E-state index in [-0.39, 0.29) is 11.1 Å². The molecule has 0 aliphatic carbocycles. The maximum atomic E-state index is 10.8.